The number of ether oxygens (including phenoxy) is 3. The van der Waals surface area contributed by atoms with Crippen LogP contribution in [0.4, 0.5) is 10.5 Å². The number of aromatic amines is 1. The number of urea groups is 1. The van der Waals surface area contributed by atoms with Crippen molar-refractivity contribution in [2.24, 2.45) is 5.92 Å². The number of H-pyrrole nitrogens is 1. The minimum Gasteiger partial charge on any atom is -0.457 e. The van der Waals surface area contributed by atoms with Crippen molar-refractivity contribution in [1.82, 2.24) is 20.5 Å². The van der Waals surface area contributed by atoms with Crippen molar-refractivity contribution in [1.29, 1.82) is 0 Å². The van der Waals surface area contributed by atoms with Gasteiger partial charge in [-0.2, -0.15) is 5.10 Å². The molecule has 0 radical (unpaired) electrons. The van der Waals surface area contributed by atoms with E-state index in [-0.39, 0.29) is 30.8 Å². The normalized spacial score (nSPS) is 19.3. The molecular weight excluding hydrogens is 602 g/mol. The van der Waals surface area contributed by atoms with Gasteiger partial charge < -0.3 is 30.0 Å². The van der Waals surface area contributed by atoms with Crippen LogP contribution in [0.15, 0.2) is 115 Å². The molecule has 2 heterocycles. The number of thioether (sulfide) groups is 1. The van der Waals surface area contributed by atoms with E-state index in [1.54, 1.807) is 23.9 Å². The number of nitrogens with zero attached hydrogens (tertiary/aromatic N) is 2. The summed E-state index contributed by atoms with van der Waals surface area (Å²) in [5.74, 6) is 2.16. The Morgan fingerprint density at radius 1 is 0.891 bits per heavy atom. The molecule has 2 amide bonds. The van der Waals surface area contributed by atoms with Gasteiger partial charge >= 0.3 is 6.03 Å². The maximum Gasteiger partial charge on any atom is 0.319 e. The van der Waals surface area contributed by atoms with Gasteiger partial charge in [0, 0.05) is 29.5 Å². The lowest BCUT2D eigenvalue weighted by molar-refractivity contribution is -0.268. The van der Waals surface area contributed by atoms with Crippen LogP contribution in [0.5, 0.6) is 11.5 Å². The average molecular weight is 638 g/mol. The summed E-state index contributed by atoms with van der Waals surface area (Å²) in [5.41, 5.74) is 4.35. The Morgan fingerprint density at radius 2 is 1.59 bits per heavy atom. The van der Waals surface area contributed by atoms with E-state index in [0.29, 0.717) is 23.7 Å². The third-order valence-electron chi connectivity index (χ3n) is 7.70. The number of amides is 2. The molecule has 4 aromatic carbocycles. The highest BCUT2D eigenvalue weighted by atomic mass is 32.2. The molecule has 11 heteroatoms. The molecule has 0 aliphatic carbocycles. The molecule has 4 N–H and O–H groups in total. The lowest BCUT2D eigenvalue weighted by atomic mass is 9.91. The van der Waals surface area contributed by atoms with Gasteiger partial charge in [-0.05, 0) is 53.1 Å². The fourth-order valence-corrected chi connectivity index (χ4v) is 6.06. The molecule has 0 spiro atoms. The molecule has 10 nitrogen and oxygen atoms in total. The number of rotatable bonds is 11. The first-order valence-electron chi connectivity index (χ1n) is 15.0. The molecule has 46 heavy (non-hydrogen) atoms. The van der Waals surface area contributed by atoms with Gasteiger partial charge in [0.15, 0.2) is 11.4 Å². The van der Waals surface area contributed by atoms with E-state index >= 15 is 0 Å². The molecule has 0 saturated carbocycles. The van der Waals surface area contributed by atoms with E-state index in [2.05, 4.69) is 32.7 Å². The maximum absolute atomic E-state index is 12.6. The van der Waals surface area contributed by atoms with Crippen LogP contribution in [-0.2, 0) is 22.6 Å². The second kappa shape index (κ2) is 15.1. The van der Waals surface area contributed by atoms with Crippen LogP contribution in [-0.4, -0.2) is 38.2 Å². The maximum atomic E-state index is 12.6. The average Bonchev–Trinajstić information content (AvgIpc) is 3.62. The summed E-state index contributed by atoms with van der Waals surface area (Å²) in [6, 6.07) is 32.1. The molecule has 1 aliphatic heterocycles. The minimum absolute atomic E-state index is 0.00980. The van der Waals surface area contributed by atoms with E-state index in [4.69, 9.17) is 14.2 Å². The van der Waals surface area contributed by atoms with E-state index < -0.39 is 6.29 Å². The Hall–Kier alpha value is -4.68. The van der Waals surface area contributed by atoms with E-state index in [1.165, 1.54) is 6.33 Å². The number of benzene rings is 4. The highest BCUT2D eigenvalue weighted by molar-refractivity contribution is 7.99. The zero-order valence-electron chi connectivity index (χ0n) is 25.2. The Labute approximate surface area is 271 Å². The molecule has 1 saturated heterocycles. The zero-order chi connectivity index (χ0) is 31.7. The Balaban J connectivity index is 1.06. The number of para-hydroxylation sites is 1. The predicted octanol–water partition coefficient (Wildman–Crippen LogP) is 6.99. The van der Waals surface area contributed by atoms with Gasteiger partial charge in [-0.25, -0.2) is 9.78 Å². The topological polar surface area (TPSA) is 131 Å². The first-order valence-corrected chi connectivity index (χ1v) is 16.0. The Morgan fingerprint density at radius 3 is 2.28 bits per heavy atom. The van der Waals surface area contributed by atoms with E-state index in [0.717, 1.165) is 33.2 Å². The van der Waals surface area contributed by atoms with Gasteiger partial charge in [0.1, 0.15) is 17.8 Å². The van der Waals surface area contributed by atoms with Crippen molar-refractivity contribution >= 4 is 23.5 Å². The van der Waals surface area contributed by atoms with Gasteiger partial charge in [-0.1, -0.05) is 85.4 Å². The second-order valence-corrected chi connectivity index (χ2v) is 11.9. The highest BCUT2D eigenvalue weighted by Gasteiger charge is 2.38. The SMILES string of the molecule is C[C@H]1[C@@H](CSc2ncn[nH]2)O[C@@H](c2ccc(CNC(=O)Nc3ccc(Oc4ccccc4)cc3)cc2)O[C@H]1c1ccc(CO)cc1. The predicted molar refractivity (Wildman–Crippen MR) is 175 cm³/mol. The third kappa shape index (κ3) is 8.12. The quantitative estimate of drug-likeness (QED) is 0.114. The van der Waals surface area contributed by atoms with Gasteiger partial charge in [0.05, 0.1) is 18.8 Å². The van der Waals surface area contributed by atoms with Crippen LogP contribution >= 0.6 is 11.8 Å². The molecule has 0 bridgehead atoms. The zero-order valence-corrected chi connectivity index (χ0v) is 26.0. The molecular formula is C35H35N5O5S. The summed E-state index contributed by atoms with van der Waals surface area (Å²) in [5, 5.41) is 22.8. The molecule has 1 aromatic heterocycles. The number of nitrogens with one attached hydrogen (secondary N) is 3. The van der Waals surface area contributed by atoms with Crippen molar-refractivity contribution in [3.63, 3.8) is 0 Å². The standard InChI is InChI=1S/C35H35N5O5S/c1-23-31(21-46-35-37-22-38-40-35)44-33(45-32(23)26-11-9-25(20-41)10-12-26)27-13-7-24(8-14-27)19-36-34(42)39-28-15-17-30(18-16-28)43-29-5-3-2-4-6-29/h2-18,22-23,31-33,41H,19-21H2,1H3,(H2,36,39,42)(H,37,38,40)/t23-,31+,32+,33+/m0/s1. The highest BCUT2D eigenvalue weighted by Crippen LogP contribution is 2.42. The first-order chi connectivity index (χ1) is 22.5. The fourth-order valence-electron chi connectivity index (χ4n) is 5.12. The molecule has 236 valence electrons. The van der Waals surface area contributed by atoms with Crippen molar-refractivity contribution in [3.05, 3.63) is 132 Å². The fraction of sp³-hybridized carbons (Fsp3) is 0.229. The molecule has 1 aliphatic rings. The second-order valence-electron chi connectivity index (χ2n) is 10.9. The van der Waals surface area contributed by atoms with Crippen LogP contribution in [0.2, 0.25) is 0 Å². The largest absolute Gasteiger partial charge is 0.457 e. The van der Waals surface area contributed by atoms with Gasteiger partial charge in [-0.3, -0.25) is 5.10 Å². The monoisotopic (exact) mass is 637 g/mol. The van der Waals surface area contributed by atoms with E-state index in [1.807, 2.05) is 91.0 Å². The first kappa shape index (κ1) is 31.3. The van der Waals surface area contributed by atoms with Crippen LogP contribution in [0.1, 0.15) is 41.6 Å². The van der Waals surface area contributed by atoms with Crippen LogP contribution in [0, 0.1) is 5.92 Å². The summed E-state index contributed by atoms with van der Waals surface area (Å²) in [6.07, 6.45) is 0.569. The van der Waals surface area contributed by atoms with Gasteiger partial charge in [-0.15, -0.1) is 0 Å². The smallest absolute Gasteiger partial charge is 0.319 e. The summed E-state index contributed by atoms with van der Waals surface area (Å²) < 4.78 is 18.8. The van der Waals surface area contributed by atoms with E-state index in [9.17, 15) is 9.90 Å². The lowest BCUT2D eigenvalue weighted by Crippen LogP contribution is -2.38. The van der Waals surface area contributed by atoms with Gasteiger partial charge in [0.25, 0.3) is 0 Å². The summed E-state index contributed by atoms with van der Waals surface area (Å²) in [4.78, 5) is 16.8. The Kier molecular flexibility index (Phi) is 10.3. The number of carbonyl (C=O) groups excluding carboxylic acids is 1. The molecule has 6 rings (SSSR count). The molecule has 1 fully saturated rings. The van der Waals surface area contributed by atoms with Crippen LogP contribution in [0.3, 0.4) is 0 Å². The van der Waals surface area contributed by atoms with Gasteiger partial charge in [0.2, 0.25) is 0 Å². The van der Waals surface area contributed by atoms with Crippen molar-refractivity contribution in [2.45, 2.75) is 43.7 Å². The number of aliphatic hydroxyl groups excluding tert-OH is 1. The van der Waals surface area contributed by atoms with Crippen molar-refractivity contribution in [3.8, 4) is 11.5 Å². The Bertz CT molecular complexity index is 1670. The summed E-state index contributed by atoms with van der Waals surface area (Å²) in [6.45, 7) is 2.46. The molecule has 5 aromatic rings. The van der Waals surface area contributed by atoms with Crippen LogP contribution < -0.4 is 15.4 Å². The number of carbonyl (C=O) groups is 1. The lowest BCUT2D eigenvalue weighted by Gasteiger charge is -2.41. The minimum atomic E-state index is -0.585. The van der Waals surface area contributed by atoms with Crippen molar-refractivity contribution in [2.75, 3.05) is 11.1 Å². The number of aromatic nitrogens is 3. The number of anilines is 1. The number of aliphatic hydroxyl groups is 1. The third-order valence-corrected chi connectivity index (χ3v) is 8.66. The molecule has 4 atom stereocenters. The van der Waals surface area contributed by atoms with Crippen LogP contribution in [0.25, 0.3) is 0 Å². The molecule has 0 unspecified atom stereocenters. The van der Waals surface area contributed by atoms with Crippen molar-refractivity contribution < 1.29 is 24.1 Å². The number of hydrogen-bond acceptors (Lipinski definition) is 8. The number of hydrogen-bond donors (Lipinski definition) is 4. The summed E-state index contributed by atoms with van der Waals surface area (Å²) in [7, 11) is 0. The summed E-state index contributed by atoms with van der Waals surface area (Å²) >= 11 is 1.56.